The molecule has 3 heterocycles. The van der Waals surface area contributed by atoms with Crippen molar-refractivity contribution in [2.24, 2.45) is 5.92 Å². The van der Waals surface area contributed by atoms with E-state index in [9.17, 15) is 0 Å². The van der Waals surface area contributed by atoms with Crippen LogP contribution in [0.3, 0.4) is 0 Å². The number of H-pyrrole nitrogens is 1. The van der Waals surface area contributed by atoms with Crippen LogP contribution in [0.15, 0.2) is 0 Å². The van der Waals surface area contributed by atoms with E-state index in [-0.39, 0.29) is 0 Å². The lowest BCUT2D eigenvalue weighted by atomic mass is 10.1. The number of imidazole rings is 1. The zero-order valence-electron chi connectivity index (χ0n) is 12.9. The second-order valence-electron chi connectivity index (χ2n) is 6.30. The largest absolute Gasteiger partial charge is 0.379 e. The van der Waals surface area contributed by atoms with Crippen LogP contribution in [0.4, 0.5) is 0 Å². The monoisotopic (exact) mass is 278 g/mol. The standard InChI is InChI=1S/C15H26N4O/c1-4-15-16-11(2)14(17-15)8-19-6-12-5-18(3)13(7-19)10-20-9-12/h12-13H,4-10H2,1-3H3,(H,16,17)/t12-,13+/m1/s1. The van der Waals surface area contributed by atoms with Gasteiger partial charge in [0.05, 0.1) is 18.9 Å². The first-order chi connectivity index (χ1) is 9.65. The first-order valence-electron chi connectivity index (χ1n) is 7.70. The van der Waals surface area contributed by atoms with Gasteiger partial charge in [0.15, 0.2) is 0 Å². The van der Waals surface area contributed by atoms with Gasteiger partial charge in [-0.3, -0.25) is 9.80 Å². The van der Waals surface area contributed by atoms with Gasteiger partial charge in [-0.25, -0.2) is 4.98 Å². The van der Waals surface area contributed by atoms with Crippen LogP contribution >= 0.6 is 0 Å². The van der Waals surface area contributed by atoms with Crippen molar-refractivity contribution >= 4 is 0 Å². The number of aromatic amines is 1. The van der Waals surface area contributed by atoms with E-state index in [0.717, 1.165) is 51.6 Å². The first-order valence-corrected chi connectivity index (χ1v) is 7.70. The second kappa shape index (κ2) is 5.84. The summed E-state index contributed by atoms with van der Waals surface area (Å²) in [5.74, 6) is 1.73. The maximum absolute atomic E-state index is 5.79. The lowest BCUT2D eigenvalue weighted by molar-refractivity contribution is 0.0512. The Balaban J connectivity index is 1.72. The van der Waals surface area contributed by atoms with E-state index < -0.39 is 0 Å². The third kappa shape index (κ3) is 2.90. The van der Waals surface area contributed by atoms with Crippen molar-refractivity contribution in [3.05, 3.63) is 17.2 Å². The highest BCUT2D eigenvalue weighted by atomic mass is 16.5. The Morgan fingerprint density at radius 3 is 2.90 bits per heavy atom. The van der Waals surface area contributed by atoms with Crippen LogP contribution in [0, 0.1) is 12.8 Å². The molecule has 0 aliphatic carbocycles. The molecule has 0 amide bonds. The Morgan fingerprint density at radius 1 is 1.30 bits per heavy atom. The van der Waals surface area contributed by atoms with Gasteiger partial charge >= 0.3 is 0 Å². The molecule has 2 bridgehead atoms. The van der Waals surface area contributed by atoms with Crippen LogP contribution < -0.4 is 0 Å². The highest BCUT2D eigenvalue weighted by molar-refractivity contribution is 5.13. The number of nitrogens with zero attached hydrogens (tertiary/aromatic N) is 3. The Bertz CT molecular complexity index is 459. The van der Waals surface area contributed by atoms with Gasteiger partial charge in [0.1, 0.15) is 5.82 Å². The van der Waals surface area contributed by atoms with Crippen LogP contribution in [0.2, 0.25) is 0 Å². The molecule has 1 aromatic heterocycles. The second-order valence-corrected chi connectivity index (χ2v) is 6.30. The zero-order chi connectivity index (χ0) is 14.1. The molecule has 3 rings (SSSR count). The van der Waals surface area contributed by atoms with Crippen molar-refractivity contribution in [2.45, 2.75) is 32.9 Å². The average molecular weight is 278 g/mol. The molecule has 2 atom stereocenters. The molecule has 0 spiro atoms. The zero-order valence-corrected chi connectivity index (χ0v) is 12.9. The molecule has 5 nitrogen and oxygen atoms in total. The number of hydrogen-bond acceptors (Lipinski definition) is 4. The van der Waals surface area contributed by atoms with Crippen molar-refractivity contribution in [2.75, 3.05) is 39.9 Å². The van der Waals surface area contributed by atoms with E-state index in [0.29, 0.717) is 12.0 Å². The molecule has 0 saturated carbocycles. The van der Waals surface area contributed by atoms with E-state index in [1.54, 1.807) is 0 Å². The Kier molecular flexibility index (Phi) is 4.10. The molecule has 20 heavy (non-hydrogen) atoms. The van der Waals surface area contributed by atoms with Crippen LogP contribution in [0.5, 0.6) is 0 Å². The highest BCUT2D eigenvalue weighted by Crippen LogP contribution is 2.20. The number of aryl methyl sites for hydroxylation is 2. The summed E-state index contributed by atoms with van der Waals surface area (Å²) in [6.07, 6.45) is 0.975. The van der Waals surface area contributed by atoms with Crippen LogP contribution in [-0.4, -0.2) is 65.7 Å². The summed E-state index contributed by atoms with van der Waals surface area (Å²) in [7, 11) is 2.23. The van der Waals surface area contributed by atoms with Crippen molar-refractivity contribution in [1.82, 2.24) is 19.8 Å². The molecule has 0 unspecified atom stereocenters. The predicted molar refractivity (Wildman–Crippen MR) is 78.7 cm³/mol. The highest BCUT2D eigenvalue weighted by Gasteiger charge is 2.31. The molecule has 2 aliphatic rings. The molecule has 1 aromatic rings. The topological polar surface area (TPSA) is 44.4 Å². The van der Waals surface area contributed by atoms with E-state index in [4.69, 9.17) is 9.72 Å². The van der Waals surface area contributed by atoms with Gasteiger partial charge in [-0.05, 0) is 14.0 Å². The van der Waals surface area contributed by atoms with E-state index in [1.807, 2.05) is 0 Å². The maximum Gasteiger partial charge on any atom is 0.106 e. The molecule has 5 heteroatoms. The predicted octanol–water partition coefficient (Wildman–Crippen LogP) is 1.04. The van der Waals surface area contributed by atoms with Crippen LogP contribution in [-0.2, 0) is 17.7 Å². The van der Waals surface area contributed by atoms with Gasteiger partial charge in [0.2, 0.25) is 0 Å². The molecular weight excluding hydrogens is 252 g/mol. The molecule has 0 aromatic carbocycles. The quantitative estimate of drug-likeness (QED) is 0.897. The number of nitrogens with one attached hydrogen (secondary N) is 1. The third-order valence-electron chi connectivity index (χ3n) is 4.56. The van der Waals surface area contributed by atoms with Crippen LogP contribution in [0.25, 0.3) is 0 Å². The number of aromatic nitrogens is 2. The summed E-state index contributed by atoms with van der Waals surface area (Å²) >= 11 is 0. The number of ether oxygens (including phenoxy) is 1. The van der Waals surface area contributed by atoms with Gasteiger partial charge in [-0.1, -0.05) is 6.92 Å². The molecule has 2 fully saturated rings. The summed E-state index contributed by atoms with van der Waals surface area (Å²) in [5, 5.41) is 0. The minimum absolute atomic E-state index is 0.521. The molecule has 112 valence electrons. The average Bonchev–Trinajstić information content (AvgIpc) is 2.55. The third-order valence-corrected chi connectivity index (χ3v) is 4.56. The fourth-order valence-electron chi connectivity index (χ4n) is 3.37. The normalized spacial score (nSPS) is 28.6. The van der Waals surface area contributed by atoms with Crippen molar-refractivity contribution in [3.63, 3.8) is 0 Å². The fraction of sp³-hybridized carbons (Fsp3) is 0.800. The van der Waals surface area contributed by atoms with E-state index in [2.05, 4.69) is 35.7 Å². The minimum Gasteiger partial charge on any atom is -0.379 e. The SMILES string of the molecule is CCc1nc(CN2C[C@@H]3COC[C@H](C2)N(C)C3)c(C)[nH]1. The Labute approximate surface area is 121 Å². The summed E-state index contributed by atoms with van der Waals surface area (Å²) in [6, 6.07) is 0.521. The summed E-state index contributed by atoms with van der Waals surface area (Å²) in [4.78, 5) is 13.1. The van der Waals surface area contributed by atoms with Crippen molar-refractivity contribution < 1.29 is 4.74 Å². The van der Waals surface area contributed by atoms with E-state index in [1.165, 1.54) is 11.4 Å². The lowest BCUT2D eigenvalue weighted by Gasteiger charge is -2.29. The molecule has 0 radical (unpaired) electrons. The summed E-state index contributed by atoms with van der Waals surface area (Å²) in [5.41, 5.74) is 2.44. The smallest absolute Gasteiger partial charge is 0.106 e. The fourth-order valence-corrected chi connectivity index (χ4v) is 3.37. The molecule has 1 N–H and O–H groups in total. The Hall–Kier alpha value is -0.910. The van der Waals surface area contributed by atoms with Gasteiger partial charge < -0.3 is 9.72 Å². The number of hydrogen-bond donors (Lipinski definition) is 1. The van der Waals surface area contributed by atoms with Crippen molar-refractivity contribution in [3.8, 4) is 0 Å². The van der Waals surface area contributed by atoms with Crippen molar-refractivity contribution in [1.29, 1.82) is 0 Å². The molecular formula is C15H26N4O. The minimum atomic E-state index is 0.521. The van der Waals surface area contributed by atoms with E-state index >= 15 is 0 Å². The van der Waals surface area contributed by atoms with Gasteiger partial charge in [-0.2, -0.15) is 0 Å². The lowest BCUT2D eigenvalue weighted by Crippen LogP contribution is -2.42. The Morgan fingerprint density at radius 2 is 2.15 bits per heavy atom. The van der Waals surface area contributed by atoms with Crippen LogP contribution in [0.1, 0.15) is 24.1 Å². The molecule has 2 saturated heterocycles. The number of likely N-dealkylation sites (N-methyl/N-ethyl adjacent to an activating group) is 1. The van der Waals surface area contributed by atoms with Gasteiger partial charge in [0.25, 0.3) is 0 Å². The number of rotatable bonds is 3. The molecule has 2 aliphatic heterocycles. The maximum atomic E-state index is 5.79. The van der Waals surface area contributed by atoms with Gasteiger partial charge in [0, 0.05) is 50.3 Å². The summed E-state index contributed by atoms with van der Waals surface area (Å²) in [6.45, 7) is 10.4. The first kappa shape index (κ1) is 14.0. The number of fused-ring (bicyclic) bond motifs is 3. The summed E-state index contributed by atoms with van der Waals surface area (Å²) < 4.78 is 5.79. The van der Waals surface area contributed by atoms with Gasteiger partial charge in [-0.15, -0.1) is 0 Å².